The standard InChI is InChI=1S/C4H7O2.Y/c1-4(6)2-3-5;/h2-4,6H,1H3;/q-1;. The van der Waals surface area contributed by atoms with E-state index in [4.69, 9.17) is 5.11 Å². The maximum atomic E-state index is 9.40. The number of carbonyl (C=O) groups is 1. The van der Waals surface area contributed by atoms with Crippen molar-refractivity contribution in [3.63, 3.8) is 0 Å². The Morgan fingerprint density at radius 3 is 2.29 bits per heavy atom. The zero-order chi connectivity index (χ0) is 4.99. The second-order valence-electron chi connectivity index (χ2n) is 1.07. The molecule has 1 N–H and O–H groups in total. The summed E-state index contributed by atoms with van der Waals surface area (Å²) in [5, 5.41) is 8.27. The SMILES string of the molecule is CC(O)[CH-]C=O.[Y]. The molecule has 0 saturated carbocycles. The molecule has 1 radical (unpaired) electrons. The first kappa shape index (κ1) is 10.6. The van der Waals surface area contributed by atoms with Gasteiger partial charge in [0, 0.05) is 32.7 Å². The number of aldehydes is 1. The van der Waals surface area contributed by atoms with Crippen LogP contribution in [-0.4, -0.2) is 17.5 Å². The Balaban J connectivity index is 0. The van der Waals surface area contributed by atoms with Gasteiger partial charge in [-0.15, -0.1) is 0 Å². The van der Waals surface area contributed by atoms with Crippen molar-refractivity contribution in [3.8, 4) is 0 Å². The minimum Gasteiger partial charge on any atom is -0.422 e. The van der Waals surface area contributed by atoms with Gasteiger partial charge in [-0.2, -0.15) is 0 Å². The van der Waals surface area contributed by atoms with E-state index in [1.165, 1.54) is 13.3 Å². The molecule has 0 aliphatic heterocycles. The molecule has 0 aromatic carbocycles. The van der Waals surface area contributed by atoms with Gasteiger partial charge in [0.05, 0.1) is 0 Å². The van der Waals surface area contributed by atoms with Crippen molar-refractivity contribution in [2.24, 2.45) is 0 Å². The van der Waals surface area contributed by atoms with E-state index in [9.17, 15) is 4.79 Å². The topological polar surface area (TPSA) is 37.3 Å². The molecule has 1 unspecified atom stereocenters. The summed E-state index contributed by atoms with van der Waals surface area (Å²) in [5.74, 6) is 0. The molecular formula is C4H7O2Y-. The van der Waals surface area contributed by atoms with Crippen LogP contribution < -0.4 is 0 Å². The quantitative estimate of drug-likeness (QED) is 0.466. The molecule has 0 heterocycles. The Morgan fingerprint density at radius 1 is 1.86 bits per heavy atom. The fraction of sp³-hybridized carbons (Fsp3) is 0.500. The van der Waals surface area contributed by atoms with Gasteiger partial charge in [0.25, 0.3) is 0 Å². The normalized spacial score (nSPS) is 11.1. The van der Waals surface area contributed by atoms with Crippen LogP contribution in [0.1, 0.15) is 6.92 Å². The van der Waals surface area contributed by atoms with E-state index in [1.807, 2.05) is 0 Å². The van der Waals surface area contributed by atoms with Crippen molar-refractivity contribution in [1.82, 2.24) is 0 Å². The van der Waals surface area contributed by atoms with Crippen LogP contribution in [-0.2, 0) is 37.5 Å². The third kappa shape index (κ3) is 10.8. The number of carbonyl (C=O) groups excluding carboxylic acids is 1. The zero-order valence-corrected chi connectivity index (χ0v) is 7.00. The van der Waals surface area contributed by atoms with E-state index in [2.05, 4.69) is 0 Å². The van der Waals surface area contributed by atoms with Crippen molar-refractivity contribution in [2.75, 3.05) is 0 Å². The Morgan fingerprint density at radius 2 is 2.29 bits per heavy atom. The molecular weight excluding hydrogens is 169 g/mol. The molecule has 0 aromatic heterocycles. The number of rotatable bonds is 2. The van der Waals surface area contributed by atoms with Crippen molar-refractivity contribution in [1.29, 1.82) is 0 Å². The fourth-order valence-electron chi connectivity index (χ4n) is 0.114. The molecule has 0 aliphatic carbocycles. The average molecular weight is 176 g/mol. The summed E-state index contributed by atoms with van der Waals surface area (Å²) >= 11 is 0. The van der Waals surface area contributed by atoms with Crippen molar-refractivity contribution in [2.45, 2.75) is 13.0 Å². The van der Waals surface area contributed by atoms with Gasteiger partial charge < -0.3 is 16.3 Å². The largest absolute Gasteiger partial charge is 0.422 e. The molecule has 0 spiro atoms. The van der Waals surface area contributed by atoms with Crippen LogP contribution in [0.5, 0.6) is 0 Å². The number of aliphatic hydroxyl groups excluding tert-OH is 1. The Kier molecular flexibility index (Phi) is 9.96. The monoisotopic (exact) mass is 176 g/mol. The van der Waals surface area contributed by atoms with Crippen LogP contribution in [0.15, 0.2) is 0 Å². The number of hydrogen-bond donors (Lipinski definition) is 1. The molecule has 0 amide bonds. The molecule has 3 heteroatoms. The Bertz CT molecular complexity index is 45.0. The molecule has 0 fully saturated rings. The predicted molar refractivity (Wildman–Crippen MR) is 22.0 cm³/mol. The third-order valence-corrected chi connectivity index (χ3v) is 0.357. The van der Waals surface area contributed by atoms with E-state index in [1.54, 1.807) is 0 Å². The summed E-state index contributed by atoms with van der Waals surface area (Å²) in [6.45, 7) is 1.52. The van der Waals surface area contributed by atoms with Gasteiger partial charge >= 0.3 is 0 Å². The molecule has 39 valence electrons. The summed E-state index contributed by atoms with van der Waals surface area (Å²) in [7, 11) is 0. The molecule has 7 heavy (non-hydrogen) atoms. The summed E-state index contributed by atoms with van der Waals surface area (Å²) < 4.78 is 0. The van der Waals surface area contributed by atoms with Gasteiger partial charge in [0.2, 0.25) is 0 Å². The second-order valence-corrected chi connectivity index (χ2v) is 1.07. The molecule has 0 saturated heterocycles. The molecule has 2 nitrogen and oxygen atoms in total. The molecule has 1 atom stereocenters. The second kappa shape index (κ2) is 6.60. The molecule has 0 aliphatic rings. The summed E-state index contributed by atoms with van der Waals surface area (Å²) in [5.41, 5.74) is 0. The smallest absolute Gasteiger partial charge is 0 e. The van der Waals surface area contributed by atoms with Gasteiger partial charge in [0.1, 0.15) is 0 Å². The number of hydrogen-bond acceptors (Lipinski definition) is 2. The summed E-state index contributed by atoms with van der Waals surface area (Å²) in [6.07, 6.45) is 1.15. The number of aliphatic hydroxyl groups is 1. The summed E-state index contributed by atoms with van der Waals surface area (Å²) in [6, 6.07) is 0. The van der Waals surface area contributed by atoms with E-state index < -0.39 is 6.10 Å². The maximum Gasteiger partial charge on any atom is 0 e. The van der Waals surface area contributed by atoms with Crippen molar-refractivity contribution in [3.05, 3.63) is 6.42 Å². The van der Waals surface area contributed by atoms with Gasteiger partial charge in [-0.3, -0.25) is 0 Å². The third-order valence-electron chi connectivity index (χ3n) is 0.357. The minimum absolute atomic E-state index is 0. The molecule has 0 aromatic rings. The average Bonchev–Trinajstić information content (AvgIpc) is 1.35. The maximum absolute atomic E-state index is 9.40. The summed E-state index contributed by atoms with van der Waals surface area (Å²) in [4.78, 5) is 9.40. The fourth-order valence-corrected chi connectivity index (χ4v) is 0.114. The van der Waals surface area contributed by atoms with Gasteiger partial charge in [-0.05, 0) is 6.29 Å². The zero-order valence-electron chi connectivity index (χ0n) is 4.16. The van der Waals surface area contributed by atoms with Crippen LogP contribution in [0.25, 0.3) is 0 Å². The Labute approximate surface area is 68.2 Å². The van der Waals surface area contributed by atoms with E-state index in [-0.39, 0.29) is 32.7 Å². The first-order valence-electron chi connectivity index (χ1n) is 1.74. The molecule has 0 bridgehead atoms. The van der Waals surface area contributed by atoms with Crippen LogP contribution in [0.2, 0.25) is 0 Å². The van der Waals surface area contributed by atoms with Gasteiger partial charge in [-0.25, -0.2) is 0 Å². The van der Waals surface area contributed by atoms with E-state index >= 15 is 0 Å². The van der Waals surface area contributed by atoms with Crippen LogP contribution in [0.4, 0.5) is 0 Å². The van der Waals surface area contributed by atoms with E-state index in [0.29, 0.717) is 6.29 Å². The van der Waals surface area contributed by atoms with Crippen molar-refractivity contribution >= 4 is 6.29 Å². The van der Waals surface area contributed by atoms with Crippen LogP contribution >= 0.6 is 0 Å². The van der Waals surface area contributed by atoms with Crippen LogP contribution in [0.3, 0.4) is 0 Å². The first-order valence-corrected chi connectivity index (χ1v) is 1.74. The minimum atomic E-state index is -0.595. The Hall–Kier alpha value is 0.604. The van der Waals surface area contributed by atoms with Gasteiger partial charge in [0.15, 0.2) is 0 Å². The predicted octanol–water partition coefficient (Wildman–Crippen LogP) is -0.232. The van der Waals surface area contributed by atoms with Crippen LogP contribution in [0, 0.1) is 6.42 Å². The van der Waals surface area contributed by atoms with Gasteiger partial charge in [-0.1, -0.05) is 13.0 Å². The molecule has 0 rings (SSSR count). The van der Waals surface area contributed by atoms with E-state index in [0.717, 1.165) is 0 Å². The first-order chi connectivity index (χ1) is 2.77. The van der Waals surface area contributed by atoms with Crippen molar-refractivity contribution < 1.29 is 42.6 Å².